The topological polar surface area (TPSA) is 39.7 Å². The van der Waals surface area contributed by atoms with Gasteiger partial charge in [-0.3, -0.25) is 9.69 Å². The van der Waals surface area contributed by atoms with Crippen molar-refractivity contribution in [2.75, 3.05) is 44.2 Å². The largest absolute Gasteiger partial charge is 0.354 e. The van der Waals surface area contributed by atoms with Crippen LogP contribution in [-0.4, -0.2) is 66.0 Å². The van der Waals surface area contributed by atoms with Crippen molar-refractivity contribution in [1.82, 2.24) is 14.8 Å². The van der Waals surface area contributed by atoms with Gasteiger partial charge in [-0.2, -0.15) is 0 Å². The van der Waals surface area contributed by atoms with E-state index in [0.29, 0.717) is 6.04 Å². The Morgan fingerprint density at radius 3 is 2.00 bits per heavy atom. The van der Waals surface area contributed by atoms with Crippen molar-refractivity contribution < 1.29 is 4.79 Å². The third-order valence-electron chi connectivity index (χ3n) is 6.65. The molecule has 0 bridgehead atoms. The average Bonchev–Trinajstić information content (AvgIpc) is 2.79. The van der Waals surface area contributed by atoms with Crippen molar-refractivity contribution in [3.63, 3.8) is 0 Å². The maximum Gasteiger partial charge on any atom is 0.253 e. The predicted octanol–water partition coefficient (Wildman–Crippen LogP) is 4.99. The number of amides is 1. The molecule has 4 rings (SSSR count). The number of hydrogen-bond donors (Lipinski definition) is 0. The Labute approximate surface area is 205 Å². The van der Waals surface area contributed by atoms with Crippen molar-refractivity contribution in [1.29, 1.82) is 0 Å². The molecule has 0 saturated carbocycles. The Morgan fingerprint density at radius 1 is 0.875 bits per heavy atom. The van der Waals surface area contributed by atoms with Crippen LogP contribution in [0, 0.1) is 5.92 Å². The van der Waals surface area contributed by atoms with Crippen LogP contribution in [0.1, 0.15) is 44.0 Å². The van der Waals surface area contributed by atoms with E-state index < -0.39 is 0 Å². The first-order valence-corrected chi connectivity index (χ1v) is 11.4. The lowest BCUT2D eigenvalue weighted by atomic mass is 9.98. The van der Waals surface area contributed by atoms with Gasteiger partial charge < -0.3 is 9.80 Å². The quantitative estimate of drug-likeness (QED) is 0.619. The van der Waals surface area contributed by atoms with E-state index in [0.717, 1.165) is 80.5 Å². The maximum atomic E-state index is 12.7. The molecule has 176 valence electrons. The van der Waals surface area contributed by atoms with E-state index in [1.807, 2.05) is 35.4 Å². The third-order valence-corrected chi connectivity index (χ3v) is 6.65. The summed E-state index contributed by atoms with van der Waals surface area (Å²) in [5.41, 5.74) is 2.97. The molecule has 1 aromatic carbocycles. The summed E-state index contributed by atoms with van der Waals surface area (Å²) < 4.78 is 0. The van der Waals surface area contributed by atoms with Gasteiger partial charge in [0.15, 0.2) is 0 Å². The van der Waals surface area contributed by atoms with E-state index in [-0.39, 0.29) is 30.7 Å². The van der Waals surface area contributed by atoms with Crippen molar-refractivity contribution in [2.24, 2.45) is 5.92 Å². The molecule has 2 saturated heterocycles. The van der Waals surface area contributed by atoms with Gasteiger partial charge in [0.05, 0.1) is 0 Å². The Hall–Kier alpha value is -1.82. The highest BCUT2D eigenvalue weighted by Crippen LogP contribution is 2.24. The van der Waals surface area contributed by atoms with Crippen LogP contribution in [0.5, 0.6) is 0 Å². The van der Waals surface area contributed by atoms with Gasteiger partial charge in [0.2, 0.25) is 0 Å². The summed E-state index contributed by atoms with van der Waals surface area (Å²) in [5.74, 6) is 1.93. The molecule has 1 amide bonds. The summed E-state index contributed by atoms with van der Waals surface area (Å²) in [6, 6.07) is 12.9. The molecule has 0 N–H and O–H groups in total. The number of hydrogen-bond acceptors (Lipinski definition) is 4. The predicted molar refractivity (Wildman–Crippen MR) is 137 cm³/mol. The smallest absolute Gasteiger partial charge is 0.253 e. The average molecular weight is 479 g/mol. The normalized spacial score (nSPS) is 17.6. The van der Waals surface area contributed by atoms with Gasteiger partial charge in [-0.15, -0.1) is 24.8 Å². The first-order chi connectivity index (χ1) is 14.5. The van der Waals surface area contributed by atoms with Crippen LogP contribution < -0.4 is 4.90 Å². The number of rotatable bonds is 4. The van der Waals surface area contributed by atoms with E-state index in [1.54, 1.807) is 0 Å². The molecule has 5 nitrogen and oxygen atoms in total. The zero-order chi connectivity index (χ0) is 21.1. The van der Waals surface area contributed by atoms with Gasteiger partial charge in [-0.1, -0.05) is 19.1 Å². The van der Waals surface area contributed by atoms with Crippen LogP contribution in [0.4, 0.5) is 5.82 Å². The first kappa shape index (κ1) is 26.4. The van der Waals surface area contributed by atoms with Gasteiger partial charge in [0.25, 0.3) is 5.91 Å². The SMILES string of the molecule is CC1CCN(C(=O)c2ccc(-c3ccc(N4CCN(C(C)C)CC4)nc3)cc2)CC1.Cl.Cl. The summed E-state index contributed by atoms with van der Waals surface area (Å²) >= 11 is 0. The molecule has 2 aliphatic rings. The number of piperidine rings is 1. The molecule has 0 unspecified atom stereocenters. The van der Waals surface area contributed by atoms with E-state index in [4.69, 9.17) is 4.98 Å². The lowest BCUT2D eigenvalue weighted by Gasteiger charge is -2.37. The number of halogens is 2. The summed E-state index contributed by atoms with van der Waals surface area (Å²) in [5, 5.41) is 0. The molecule has 0 spiro atoms. The molecule has 0 atom stereocenters. The second kappa shape index (κ2) is 11.9. The molecule has 2 aliphatic heterocycles. The fraction of sp³-hybridized carbons (Fsp3) is 0.520. The highest BCUT2D eigenvalue weighted by Gasteiger charge is 2.22. The van der Waals surface area contributed by atoms with Crippen LogP contribution in [-0.2, 0) is 0 Å². The molecule has 0 radical (unpaired) electrons. The standard InChI is InChI=1S/C25H34N4O.2ClH/c1-19(2)27-14-16-28(17-15-27)24-9-8-23(18-26-24)21-4-6-22(7-5-21)25(30)29-12-10-20(3)11-13-29;;/h4-9,18-20H,10-17H2,1-3H3;2*1H. The number of piperazine rings is 1. The molecule has 1 aromatic heterocycles. The number of pyridine rings is 1. The number of aromatic nitrogens is 1. The van der Waals surface area contributed by atoms with Gasteiger partial charge in [-0.25, -0.2) is 4.98 Å². The van der Waals surface area contributed by atoms with Crippen LogP contribution in [0.2, 0.25) is 0 Å². The lowest BCUT2D eigenvalue weighted by Crippen LogP contribution is -2.49. The molecule has 7 heteroatoms. The lowest BCUT2D eigenvalue weighted by molar-refractivity contribution is 0.0697. The second-order valence-corrected chi connectivity index (χ2v) is 9.07. The number of anilines is 1. The van der Waals surface area contributed by atoms with Crippen LogP contribution in [0.25, 0.3) is 11.1 Å². The number of carbonyl (C=O) groups excluding carboxylic acids is 1. The van der Waals surface area contributed by atoms with Crippen LogP contribution in [0.3, 0.4) is 0 Å². The fourth-order valence-corrected chi connectivity index (χ4v) is 4.41. The number of benzene rings is 1. The van der Waals surface area contributed by atoms with Crippen molar-refractivity contribution in [3.05, 3.63) is 48.2 Å². The van der Waals surface area contributed by atoms with Gasteiger partial charge in [-0.05, 0) is 62.4 Å². The highest BCUT2D eigenvalue weighted by atomic mass is 35.5. The van der Waals surface area contributed by atoms with Crippen molar-refractivity contribution in [2.45, 2.75) is 39.7 Å². The van der Waals surface area contributed by atoms with E-state index in [2.05, 4.69) is 42.7 Å². The van der Waals surface area contributed by atoms with Gasteiger partial charge in [0.1, 0.15) is 5.82 Å². The molecule has 32 heavy (non-hydrogen) atoms. The first-order valence-electron chi connectivity index (χ1n) is 11.4. The third kappa shape index (κ3) is 6.15. The van der Waals surface area contributed by atoms with Gasteiger partial charge in [0, 0.05) is 62.6 Å². The molecule has 2 aromatic rings. The molecule has 2 fully saturated rings. The number of carbonyl (C=O) groups is 1. The Balaban J connectivity index is 0.00000181. The van der Waals surface area contributed by atoms with Gasteiger partial charge >= 0.3 is 0 Å². The summed E-state index contributed by atoms with van der Waals surface area (Å²) in [6.07, 6.45) is 4.16. The second-order valence-electron chi connectivity index (χ2n) is 9.07. The summed E-state index contributed by atoms with van der Waals surface area (Å²) in [6.45, 7) is 12.8. The van der Waals surface area contributed by atoms with Crippen molar-refractivity contribution in [3.8, 4) is 11.1 Å². The van der Waals surface area contributed by atoms with E-state index in [1.165, 1.54) is 0 Å². The summed E-state index contributed by atoms with van der Waals surface area (Å²) in [4.78, 5) is 24.3. The maximum absolute atomic E-state index is 12.7. The Bertz CT molecular complexity index is 841. The number of nitrogens with zero attached hydrogens (tertiary/aromatic N) is 4. The molecule has 3 heterocycles. The van der Waals surface area contributed by atoms with Crippen LogP contribution in [0.15, 0.2) is 42.6 Å². The minimum absolute atomic E-state index is 0. The van der Waals surface area contributed by atoms with Crippen LogP contribution >= 0.6 is 24.8 Å². The molecule has 0 aliphatic carbocycles. The fourth-order valence-electron chi connectivity index (χ4n) is 4.41. The Kier molecular flexibility index (Phi) is 9.81. The zero-order valence-corrected chi connectivity index (χ0v) is 21.0. The molecular weight excluding hydrogens is 443 g/mol. The summed E-state index contributed by atoms with van der Waals surface area (Å²) in [7, 11) is 0. The zero-order valence-electron chi connectivity index (χ0n) is 19.4. The van der Waals surface area contributed by atoms with E-state index >= 15 is 0 Å². The monoisotopic (exact) mass is 478 g/mol. The Morgan fingerprint density at radius 2 is 1.47 bits per heavy atom. The number of likely N-dealkylation sites (tertiary alicyclic amines) is 1. The minimum atomic E-state index is 0. The van der Waals surface area contributed by atoms with Crippen molar-refractivity contribution >= 4 is 36.5 Å². The van der Waals surface area contributed by atoms with E-state index in [9.17, 15) is 4.79 Å². The highest BCUT2D eigenvalue weighted by molar-refractivity contribution is 5.94. The minimum Gasteiger partial charge on any atom is -0.354 e. The molecular formula is C25H36Cl2N4O.